The van der Waals surface area contributed by atoms with Crippen LogP contribution >= 0.6 is 11.3 Å². The van der Waals surface area contributed by atoms with Crippen LogP contribution in [0.3, 0.4) is 0 Å². The standard InChI is InChI=1S/C12H12O2S/c1-14-12-10(7-8-15-12)11(13)9-5-3-2-4-6-9/h2-8,11,13H,1H3. The van der Waals surface area contributed by atoms with Gasteiger partial charge in [0.05, 0.1) is 7.11 Å². The number of hydrogen-bond donors (Lipinski definition) is 1. The zero-order valence-electron chi connectivity index (χ0n) is 8.38. The van der Waals surface area contributed by atoms with Gasteiger partial charge in [-0.2, -0.15) is 0 Å². The fraction of sp³-hybridized carbons (Fsp3) is 0.167. The van der Waals surface area contributed by atoms with E-state index in [4.69, 9.17) is 4.74 Å². The molecule has 0 saturated carbocycles. The molecule has 0 spiro atoms. The first-order valence-corrected chi connectivity index (χ1v) is 5.55. The summed E-state index contributed by atoms with van der Waals surface area (Å²) in [4.78, 5) is 0. The van der Waals surface area contributed by atoms with Crippen LogP contribution in [0.2, 0.25) is 0 Å². The van der Waals surface area contributed by atoms with E-state index in [9.17, 15) is 5.11 Å². The second-order valence-electron chi connectivity index (χ2n) is 3.18. The first kappa shape index (κ1) is 10.2. The summed E-state index contributed by atoms with van der Waals surface area (Å²) in [6, 6.07) is 11.5. The van der Waals surface area contributed by atoms with Crippen molar-refractivity contribution in [1.29, 1.82) is 0 Å². The molecule has 2 rings (SSSR count). The number of ether oxygens (including phenoxy) is 1. The van der Waals surface area contributed by atoms with Gasteiger partial charge in [0.2, 0.25) is 0 Å². The summed E-state index contributed by atoms with van der Waals surface area (Å²) in [7, 11) is 1.62. The number of thiophene rings is 1. The minimum Gasteiger partial charge on any atom is -0.487 e. The molecule has 2 aromatic rings. The summed E-state index contributed by atoms with van der Waals surface area (Å²) in [5, 5.41) is 12.8. The maximum absolute atomic E-state index is 10.1. The van der Waals surface area contributed by atoms with Gasteiger partial charge in [0.15, 0.2) is 5.06 Å². The van der Waals surface area contributed by atoms with Crippen LogP contribution in [0.5, 0.6) is 5.06 Å². The van der Waals surface area contributed by atoms with Gasteiger partial charge in [-0.1, -0.05) is 30.3 Å². The minimum atomic E-state index is -0.604. The molecule has 1 aromatic carbocycles. The van der Waals surface area contributed by atoms with Gasteiger partial charge < -0.3 is 9.84 Å². The van der Waals surface area contributed by atoms with Crippen LogP contribution in [0.25, 0.3) is 0 Å². The van der Waals surface area contributed by atoms with Crippen LogP contribution in [-0.2, 0) is 0 Å². The molecule has 0 fully saturated rings. The smallest absolute Gasteiger partial charge is 0.179 e. The Morgan fingerprint density at radius 1 is 1.20 bits per heavy atom. The lowest BCUT2D eigenvalue weighted by molar-refractivity contribution is 0.216. The summed E-state index contributed by atoms with van der Waals surface area (Å²) in [6.45, 7) is 0. The molecule has 2 nitrogen and oxygen atoms in total. The maximum Gasteiger partial charge on any atom is 0.179 e. The molecule has 1 unspecified atom stereocenters. The number of rotatable bonds is 3. The van der Waals surface area contributed by atoms with Crippen molar-refractivity contribution in [3.63, 3.8) is 0 Å². The highest BCUT2D eigenvalue weighted by atomic mass is 32.1. The maximum atomic E-state index is 10.1. The van der Waals surface area contributed by atoms with Gasteiger partial charge in [0.1, 0.15) is 6.10 Å². The fourth-order valence-electron chi connectivity index (χ4n) is 1.49. The molecule has 1 N–H and O–H groups in total. The van der Waals surface area contributed by atoms with Crippen molar-refractivity contribution in [2.75, 3.05) is 7.11 Å². The van der Waals surface area contributed by atoms with Crippen LogP contribution < -0.4 is 4.74 Å². The van der Waals surface area contributed by atoms with Crippen LogP contribution in [0.1, 0.15) is 17.2 Å². The van der Waals surface area contributed by atoms with E-state index >= 15 is 0 Å². The summed E-state index contributed by atoms with van der Waals surface area (Å²) in [5.74, 6) is 0. The highest BCUT2D eigenvalue weighted by molar-refractivity contribution is 7.12. The summed E-state index contributed by atoms with van der Waals surface area (Å²) in [6.07, 6.45) is -0.604. The van der Waals surface area contributed by atoms with Crippen LogP contribution in [0, 0.1) is 0 Å². The lowest BCUT2D eigenvalue weighted by Crippen LogP contribution is -1.99. The van der Waals surface area contributed by atoms with E-state index < -0.39 is 6.10 Å². The van der Waals surface area contributed by atoms with Crippen LogP contribution in [-0.4, -0.2) is 12.2 Å². The third-order valence-corrected chi connectivity index (χ3v) is 3.14. The molecule has 0 radical (unpaired) electrons. The predicted octanol–water partition coefficient (Wildman–Crippen LogP) is 2.84. The molecule has 0 saturated heterocycles. The Morgan fingerprint density at radius 2 is 1.93 bits per heavy atom. The second-order valence-corrected chi connectivity index (χ2v) is 4.06. The van der Waals surface area contributed by atoms with Gasteiger partial charge >= 0.3 is 0 Å². The summed E-state index contributed by atoms with van der Waals surface area (Å²) < 4.78 is 5.19. The van der Waals surface area contributed by atoms with Gasteiger partial charge in [0, 0.05) is 5.56 Å². The largest absolute Gasteiger partial charge is 0.487 e. The van der Waals surface area contributed by atoms with Gasteiger partial charge in [-0.25, -0.2) is 0 Å². The number of aliphatic hydroxyl groups is 1. The number of aliphatic hydroxyl groups excluding tert-OH is 1. The summed E-state index contributed by atoms with van der Waals surface area (Å²) in [5.41, 5.74) is 1.71. The predicted molar refractivity (Wildman–Crippen MR) is 61.4 cm³/mol. The van der Waals surface area contributed by atoms with Crippen molar-refractivity contribution in [1.82, 2.24) is 0 Å². The van der Waals surface area contributed by atoms with Crippen molar-refractivity contribution in [2.45, 2.75) is 6.10 Å². The highest BCUT2D eigenvalue weighted by Gasteiger charge is 2.15. The van der Waals surface area contributed by atoms with Crippen LogP contribution in [0.4, 0.5) is 0 Å². The van der Waals surface area contributed by atoms with E-state index in [0.29, 0.717) is 0 Å². The van der Waals surface area contributed by atoms with Crippen molar-refractivity contribution in [2.24, 2.45) is 0 Å². The van der Waals surface area contributed by atoms with E-state index in [1.165, 1.54) is 11.3 Å². The molecule has 0 aliphatic rings. The lowest BCUT2D eigenvalue weighted by Gasteiger charge is -2.10. The second kappa shape index (κ2) is 4.47. The van der Waals surface area contributed by atoms with Gasteiger partial charge in [0.25, 0.3) is 0 Å². The Hall–Kier alpha value is -1.32. The average Bonchev–Trinajstić information content (AvgIpc) is 2.77. The van der Waals surface area contributed by atoms with Crippen molar-refractivity contribution in [3.05, 3.63) is 52.9 Å². The normalized spacial score (nSPS) is 12.4. The fourth-order valence-corrected chi connectivity index (χ4v) is 2.24. The Labute approximate surface area is 92.8 Å². The Kier molecular flexibility index (Phi) is 3.04. The van der Waals surface area contributed by atoms with Crippen molar-refractivity contribution in [3.8, 4) is 5.06 Å². The number of benzene rings is 1. The Morgan fingerprint density at radius 3 is 2.60 bits per heavy atom. The molecule has 0 aliphatic carbocycles. The third-order valence-electron chi connectivity index (χ3n) is 2.25. The zero-order valence-corrected chi connectivity index (χ0v) is 9.20. The van der Waals surface area contributed by atoms with Gasteiger partial charge in [-0.15, -0.1) is 11.3 Å². The zero-order chi connectivity index (χ0) is 10.7. The molecule has 0 bridgehead atoms. The molecule has 0 aliphatic heterocycles. The molecular weight excluding hydrogens is 208 g/mol. The highest BCUT2D eigenvalue weighted by Crippen LogP contribution is 2.34. The SMILES string of the molecule is COc1sccc1C(O)c1ccccc1. The summed E-state index contributed by atoms with van der Waals surface area (Å²) >= 11 is 1.49. The molecule has 78 valence electrons. The minimum absolute atomic E-state index is 0.604. The van der Waals surface area contributed by atoms with E-state index in [2.05, 4.69) is 0 Å². The number of hydrogen-bond acceptors (Lipinski definition) is 3. The van der Waals surface area contributed by atoms with E-state index in [0.717, 1.165) is 16.2 Å². The Balaban J connectivity index is 2.32. The molecule has 1 aromatic heterocycles. The van der Waals surface area contributed by atoms with E-state index in [1.807, 2.05) is 41.8 Å². The van der Waals surface area contributed by atoms with Crippen molar-refractivity contribution >= 4 is 11.3 Å². The molecule has 15 heavy (non-hydrogen) atoms. The van der Waals surface area contributed by atoms with E-state index in [1.54, 1.807) is 7.11 Å². The molecule has 3 heteroatoms. The molecule has 1 atom stereocenters. The number of methoxy groups -OCH3 is 1. The average molecular weight is 220 g/mol. The quantitative estimate of drug-likeness (QED) is 0.861. The first-order valence-electron chi connectivity index (χ1n) is 4.67. The molecule has 0 amide bonds. The lowest BCUT2D eigenvalue weighted by atomic mass is 10.0. The topological polar surface area (TPSA) is 29.5 Å². The molecular formula is C12H12O2S. The first-order chi connectivity index (χ1) is 7.33. The third kappa shape index (κ3) is 2.03. The van der Waals surface area contributed by atoms with Crippen LogP contribution in [0.15, 0.2) is 41.8 Å². The Bertz CT molecular complexity index is 422. The molecule has 1 heterocycles. The monoisotopic (exact) mass is 220 g/mol. The van der Waals surface area contributed by atoms with Crippen molar-refractivity contribution < 1.29 is 9.84 Å². The van der Waals surface area contributed by atoms with Gasteiger partial charge in [-0.05, 0) is 17.0 Å². The van der Waals surface area contributed by atoms with E-state index in [-0.39, 0.29) is 0 Å². The van der Waals surface area contributed by atoms with Gasteiger partial charge in [-0.3, -0.25) is 0 Å².